The summed E-state index contributed by atoms with van der Waals surface area (Å²) in [6, 6.07) is 5.00. The molecule has 1 aliphatic heterocycles. The van der Waals surface area contributed by atoms with E-state index in [4.69, 9.17) is 11.6 Å². The maximum atomic E-state index is 12.3. The highest BCUT2D eigenvalue weighted by molar-refractivity contribution is 6.34. The number of hydrogen-bond acceptors (Lipinski definition) is 3. The third-order valence-electron chi connectivity index (χ3n) is 4.78. The second kappa shape index (κ2) is 8.68. The standard InChI is InChI=1S/C19H28ClN3O2/c1-4-19(2,3)23-18(25)15-7-6-14(11-16(15)20)22-17(24)8-5-13-9-10-21-12-13/h6-7,11,13,21H,4-5,8-10,12H2,1-3H3,(H,22,24)(H,23,25). The summed E-state index contributed by atoms with van der Waals surface area (Å²) < 4.78 is 0. The Labute approximate surface area is 154 Å². The van der Waals surface area contributed by atoms with Gasteiger partial charge in [-0.25, -0.2) is 0 Å². The van der Waals surface area contributed by atoms with Gasteiger partial charge in [0.05, 0.1) is 10.6 Å². The normalized spacial score (nSPS) is 17.4. The van der Waals surface area contributed by atoms with Crippen molar-refractivity contribution in [2.45, 2.75) is 52.0 Å². The van der Waals surface area contributed by atoms with E-state index in [-0.39, 0.29) is 17.4 Å². The highest BCUT2D eigenvalue weighted by Crippen LogP contribution is 2.23. The molecule has 0 bridgehead atoms. The van der Waals surface area contributed by atoms with Crippen LogP contribution in [0.4, 0.5) is 5.69 Å². The quantitative estimate of drug-likeness (QED) is 0.691. The Balaban J connectivity index is 1.91. The molecule has 2 rings (SSSR count). The summed E-state index contributed by atoms with van der Waals surface area (Å²) in [5.41, 5.74) is 0.742. The molecule has 0 aromatic heterocycles. The monoisotopic (exact) mass is 365 g/mol. The highest BCUT2D eigenvalue weighted by atomic mass is 35.5. The molecule has 25 heavy (non-hydrogen) atoms. The molecule has 0 aliphatic carbocycles. The molecule has 0 spiro atoms. The second-order valence-electron chi connectivity index (χ2n) is 7.33. The van der Waals surface area contributed by atoms with E-state index < -0.39 is 0 Å². The molecule has 1 heterocycles. The molecule has 1 fully saturated rings. The summed E-state index contributed by atoms with van der Waals surface area (Å²) in [6.45, 7) is 7.99. The van der Waals surface area contributed by atoms with Gasteiger partial charge in [-0.3, -0.25) is 9.59 Å². The van der Waals surface area contributed by atoms with Gasteiger partial charge in [0.1, 0.15) is 0 Å². The van der Waals surface area contributed by atoms with E-state index >= 15 is 0 Å². The van der Waals surface area contributed by atoms with Gasteiger partial charge in [-0.15, -0.1) is 0 Å². The molecule has 1 aromatic rings. The van der Waals surface area contributed by atoms with Gasteiger partial charge in [0.15, 0.2) is 0 Å². The first kappa shape index (κ1) is 19.7. The lowest BCUT2D eigenvalue weighted by molar-refractivity contribution is -0.116. The SMILES string of the molecule is CCC(C)(C)NC(=O)c1ccc(NC(=O)CCC2CCNC2)cc1Cl. The van der Waals surface area contributed by atoms with E-state index in [2.05, 4.69) is 16.0 Å². The summed E-state index contributed by atoms with van der Waals surface area (Å²) in [5, 5.41) is 9.45. The molecule has 1 saturated heterocycles. The molecular weight excluding hydrogens is 338 g/mol. The minimum absolute atomic E-state index is 0.0210. The molecule has 6 heteroatoms. The molecule has 2 amide bonds. The topological polar surface area (TPSA) is 70.2 Å². The number of carbonyl (C=O) groups is 2. The van der Waals surface area contributed by atoms with Gasteiger partial charge in [0.2, 0.25) is 5.91 Å². The summed E-state index contributed by atoms with van der Waals surface area (Å²) >= 11 is 6.24. The van der Waals surface area contributed by atoms with Gasteiger partial charge in [-0.05, 0) is 70.3 Å². The van der Waals surface area contributed by atoms with Crippen LogP contribution < -0.4 is 16.0 Å². The van der Waals surface area contributed by atoms with Crippen molar-refractivity contribution in [1.82, 2.24) is 10.6 Å². The van der Waals surface area contributed by atoms with Crippen molar-refractivity contribution in [2.75, 3.05) is 18.4 Å². The van der Waals surface area contributed by atoms with Crippen LogP contribution in [-0.2, 0) is 4.79 Å². The third-order valence-corrected chi connectivity index (χ3v) is 5.09. The van der Waals surface area contributed by atoms with Crippen LogP contribution in [0.3, 0.4) is 0 Å². The maximum Gasteiger partial charge on any atom is 0.253 e. The van der Waals surface area contributed by atoms with Crippen LogP contribution in [0, 0.1) is 5.92 Å². The Bertz CT molecular complexity index is 625. The zero-order chi connectivity index (χ0) is 18.4. The van der Waals surface area contributed by atoms with Gasteiger partial charge in [0.25, 0.3) is 5.91 Å². The van der Waals surface area contributed by atoms with Crippen molar-refractivity contribution >= 4 is 29.1 Å². The highest BCUT2D eigenvalue weighted by Gasteiger charge is 2.21. The Morgan fingerprint density at radius 2 is 2.12 bits per heavy atom. The van der Waals surface area contributed by atoms with Gasteiger partial charge >= 0.3 is 0 Å². The molecule has 1 unspecified atom stereocenters. The lowest BCUT2D eigenvalue weighted by Gasteiger charge is -2.24. The van der Waals surface area contributed by atoms with Crippen molar-refractivity contribution in [1.29, 1.82) is 0 Å². The molecule has 5 nitrogen and oxygen atoms in total. The molecule has 1 atom stereocenters. The van der Waals surface area contributed by atoms with Crippen LogP contribution in [0.15, 0.2) is 18.2 Å². The lowest BCUT2D eigenvalue weighted by atomic mass is 10.0. The predicted molar refractivity (Wildman–Crippen MR) is 102 cm³/mol. The average molecular weight is 366 g/mol. The van der Waals surface area contributed by atoms with Crippen molar-refractivity contribution in [3.05, 3.63) is 28.8 Å². The van der Waals surface area contributed by atoms with E-state index in [1.807, 2.05) is 20.8 Å². The smallest absolute Gasteiger partial charge is 0.253 e. The first-order valence-electron chi connectivity index (χ1n) is 8.93. The molecule has 0 saturated carbocycles. The van der Waals surface area contributed by atoms with Crippen LogP contribution in [0.5, 0.6) is 0 Å². The summed E-state index contributed by atoms with van der Waals surface area (Å²) in [6.07, 6.45) is 3.34. The zero-order valence-corrected chi connectivity index (χ0v) is 16.0. The Kier molecular flexibility index (Phi) is 6.85. The van der Waals surface area contributed by atoms with E-state index in [1.165, 1.54) is 0 Å². The zero-order valence-electron chi connectivity index (χ0n) is 15.2. The van der Waals surface area contributed by atoms with E-state index in [0.29, 0.717) is 28.6 Å². The van der Waals surface area contributed by atoms with Crippen molar-refractivity contribution in [3.63, 3.8) is 0 Å². The fourth-order valence-corrected chi connectivity index (χ4v) is 3.03. The number of anilines is 1. The fourth-order valence-electron chi connectivity index (χ4n) is 2.76. The Morgan fingerprint density at radius 3 is 2.72 bits per heavy atom. The van der Waals surface area contributed by atoms with E-state index in [1.54, 1.807) is 18.2 Å². The number of rotatable bonds is 7. The fraction of sp³-hybridized carbons (Fsp3) is 0.579. The molecule has 138 valence electrons. The Morgan fingerprint density at radius 1 is 1.36 bits per heavy atom. The van der Waals surface area contributed by atoms with Gasteiger partial charge in [-0.2, -0.15) is 0 Å². The average Bonchev–Trinajstić information content (AvgIpc) is 3.06. The van der Waals surface area contributed by atoms with Crippen molar-refractivity contribution < 1.29 is 9.59 Å². The number of nitrogens with one attached hydrogen (secondary N) is 3. The molecular formula is C19H28ClN3O2. The lowest BCUT2D eigenvalue weighted by Crippen LogP contribution is -2.42. The summed E-state index contributed by atoms with van der Waals surface area (Å²) in [5.74, 6) is 0.359. The number of carbonyl (C=O) groups excluding carboxylic acids is 2. The van der Waals surface area contributed by atoms with E-state index in [0.717, 1.165) is 32.4 Å². The minimum Gasteiger partial charge on any atom is -0.347 e. The minimum atomic E-state index is -0.289. The van der Waals surface area contributed by atoms with Crippen LogP contribution >= 0.6 is 11.6 Å². The van der Waals surface area contributed by atoms with Crippen LogP contribution in [0.25, 0.3) is 0 Å². The first-order valence-corrected chi connectivity index (χ1v) is 9.31. The van der Waals surface area contributed by atoms with Crippen molar-refractivity contribution in [2.24, 2.45) is 5.92 Å². The number of hydrogen-bond donors (Lipinski definition) is 3. The first-order chi connectivity index (χ1) is 11.8. The Hall–Kier alpha value is -1.59. The van der Waals surface area contributed by atoms with Crippen LogP contribution in [0.1, 0.15) is 56.8 Å². The van der Waals surface area contributed by atoms with Crippen LogP contribution in [0.2, 0.25) is 5.02 Å². The summed E-state index contributed by atoms with van der Waals surface area (Å²) in [7, 11) is 0. The maximum absolute atomic E-state index is 12.3. The largest absolute Gasteiger partial charge is 0.347 e. The molecule has 3 N–H and O–H groups in total. The summed E-state index contributed by atoms with van der Waals surface area (Å²) in [4.78, 5) is 24.4. The number of benzene rings is 1. The molecule has 1 aliphatic rings. The molecule has 0 radical (unpaired) electrons. The third kappa shape index (κ3) is 6.01. The van der Waals surface area contributed by atoms with Crippen LogP contribution in [-0.4, -0.2) is 30.4 Å². The second-order valence-corrected chi connectivity index (χ2v) is 7.74. The predicted octanol–water partition coefficient (Wildman–Crippen LogP) is 3.59. The van der Waals surface area contributed by atoms with Crippen molar-refractivity contribution in [3.8, 4) is 0 Å². The van der Waals surface area contributed by atoms with E-state index in [9.17, 15) is 9.59 Å². The number of halogens is 1. The van der Waals surface area contributed by atoms with Gasteiger partial charge < -0.3 is 16.0 Å². The number of amides is 2. The van der Waals surface area contributed by atoms with Gasteiger partial charge in [-0.1, -0.05) is 18.5 Å². The molecule has 1 aromatic carbocycles. The van der Waals surface area contributed by atoms with Gasteiger partial charge in [0, 0.05) is 17.6 Å².